The topological polar surface area (TPSA) is 43.9 Å². The first-order valence-corrected chi connectivity index (χ1v) is 14.7. The van der Waals surface area contributed by atoms with Gasteiger partial charge in [-0.15, -0.1) is 0 Å². The van der Waals surface area contributed by atoms with Crippen molar-refractivity contribution in [2.75, 3.05) is 0 Å². The number of furan rings is 1. The third-order valence-corrected chi connectivity index (χ3v) is 8.26. The van der Waals surface area contributed by atoms with Crippen molar-refractivity contribution < 1.29 is 4.42 Å². The highest BCUT2D eigenvalue weighted by atomic mass is 16.3. The summed E-state index contributed by atoms with van der Waals surface area (Å²) in [5.74, 6) is 1.18. The van der Waals surface area contributed by atoms with Gasteiger partial charge >= 0.3 is 0 Å². The van der Waals surface area contributed by atoms with Crippen molar-refractivity contribution in [2.24, 2.45) is 0 Å². The Balaban J connectivity index is 1.46. The van der Waals surface area contributed by atoms with Crippen molar-refractivity contribution in [1.82, 2.24) is 14.5 Å². The highest BCUT2D eigenvalue weighted by Gasteiger charge is 2.22. The number of benzene rings is 5. The number of imidazole rings is 1. The number of aromatic nitrogens is 3. The number of nitrogens with zero attached hydrogens (tertiary/aromatic N) is 3. The second-order valence-electron chi connectivity index (χ2n) is 11.3. The predicted octanol–water partition coefficient (Wildman–Crippen LogP) is 10.4. The second kappa shape index (κ2) is 10.1. The molecule has 0 atom stereocenters. The fraction of sp³-hybridized carbons (Fsp3) is 0.0769. The fourth-order valence-electron chi connectivity index (χ4n) is 6.21. The lowest BCUT2D eigenvalue weighted by Crippen LogP contribution is -2.03. The summed E-state index contributed by atoms with van der Waals surface area (Å²) >= 11 is 0. The van der Waals surface area contributed by atoms with Gasteiger partial charge < -0.3 is 4.42 Å². The summed E-state index contributed by atoms with van der Waals surface area (Å²) in [4.78, 5) is 10.1. The van der Waals surface area contributed by atoms with Gasteiger partial charge in [-0.25, -0.2) is 9.97 Å². The van der Waals surface area contributed by atoms with Crippen molar-refractivity contribution in [3.63, 3.8) is 0 Å². The van der Waals surface area contributed by atoms with Crippen molar-refractivity contribution in [1.29, 1.82) is 0 Å². The van der Waals surface area contributed by atoms with Crippen LogP contribution in [0.1, 0.15) is 25.3 Å². The third kappa shape index (κ3) is 4.14. The van der Waals surface area contributed by atoms with Crippen LogP contribution in [0.5, 0.6) is 0 Å². The van der Waals surface area contributed by atoms with Crippen LogP contribution in [0.4, 0.5) is 0 Å². The molecule has 8 aromatic rings. The average Bonchev–Trinajstić information content (AvgIpc) is 3.63. The molecule has 0 saturated heterocycles. The van der Waals surface area contributed by atoms with E-state index in [0.717, 1.165) is 66.7 Å². The zero-order chi connectivity index (χ0) is 28.9. The highest BCUT2D eigenvalue weighted by Crippen LogP contribution is 2.41. The second-order valence-corrected chi connectivity index (χ2v) is 11.3. The molecular weight excluding hydrogens is 526 g/mol. The molecule has 0 spiro atoms. The van der Waals surface area contributed by atoms with Gasteiger partial charge in [-0.2, -0.15) is 0 Å². The monoisotopic (exact) mass is 555 g/mol. The van der Waals surface area contributed by atoms with Crippen molar-refractivity contribution in [3.8, 4) is 39.3 Å². The molecule has 0 fully saturated rings. The molecular formula is C39H29N3O. The summed E-state index contributed by atoms with van der Waals surface area (Å²) in [5.41, 5.74) is 11.3. The van der Waals surface area contributed by atoms with Gasteiger partial charge in [0.15, 0.2) is 0 Å². The average molecular weight is 556 g/mol. The molecule has 4 nitrogen and oxygen atoms in total. The summed E-state index contributed by atoms with van der Waals surface area (Å²) in [7, 11) is 0. The van der Waals surface area contributed by atoms with Gasteiger partial charge in [-0.1, -0.05) is 123 Å². The van der Waals surface area contributed by atoms with E-state index in [9.17, 15) is 0 Å². The van der Waals surface area contributed by atoms with Crippen LogP contribution >= 0.6 is 0 Å². The van der Waals surface area contributed by atoms with E-state index in [-0.39, 0.29) is 0 Å². The van der Waals surface area contributed by atoms with Crippen LogP contribution < -0.4 is 0 Å². The molecule has 0 saturated carbocycles. The normalized spacial score (nSPS) is 11.7. The molecule has 5 aromatic carbocycles. The van der Waals surface area contributed by atoms with Gasteiger partial charge in [0, 0.05) is 33.7 Å². The molecule has 206 valence electrons. The zero-order valence-corrected chi connectivity index (χ0v) is 24.0. The van der Waals surface area contributed by atoms with E-state index in [1.807, 2.05) is 12.3 Å². The molecule has 4 heteroatoms. The third-order valence-electron chi connectivity index (χ3n) is 8.26. The molecule has 0 bridgehead atoms. The number of hydrogen-bond acceptors (Lipinski definition) is 3. The number of pyridine rings is 1. The van der Waals surface area contributed by atoms with Crippen LogP contribution in [-0.2, 0) is 0 Å². The van der Waals surface area contributed by atoms with Crippen molar-refractivity contribution >= 4 is 33.1 Å². The molecule has 0 amide bonds. The van der Waals surface area contributed by atoms with Crippen LogP contribution in [0.25, 0.3) is 72.4 Å². The maximum absolute atomic E-state index is 6.33. The van der Waals surface area contributed by atoms with E-state index in [2.05, 4.69) is 140 Å². The van der Waals surface area contributed by atoms with E-state index in [1.54, 1.807) is 0 Å². The van der Waals surface area contributed by atoms with Gasteiger partial charge in [0.25, 0.3) is 0 Å². The Labute approximate surface area is 249 Å². The van der Waals surface area contributed by atoms with Crippen molar-refractivity contribution in [3.05, 3.63) is 139 Å². The minimum atomic E-state index is 0.346. The Kier molecular flexibility index (Phi) is 5.93. The van der Waals surface area contributed by atoms with Crippen LogP contribution in [0.2, 0.25) is 0 Å². The Morgan fingerprint density at radius 3 is 1.98 bits per heavy atom. The maximum Gasteiger partial charge on any atom is 0.227 e. The summed E-state index contributed by atoms with van der Waals surface area (Å²) in [6.07, 6.45) is 1.89. The highest BCUT2D eigenvalue weighted by molar-refractivity contribution is 6.06. The number of hydrogen-bond donors (Lipinski definition) is 0. The summed E-state index contributed by atoms with van der Waals surface area (Å²) < 4.78 is 8.64. The molecule has 0 aliphatic heterocycles. The number of rotatable bonds is 5. The van der Waals surface area contributed by atoms with Gasteiger partial charge in [0.05, 0.1) is 16.7 Å². The fourth-order valence-corrected chi connectivity index (χ4v) is 6.21. The van der Waals surface area contributed by atoms with Crippen LogP contribution in [0.15, 0.2) is 138 Å². The number of fused-ring (bicyclic) bond motifs is 4. The number of para-hydroxylation sites is 4. The first-order chi connectivity index (χ1) is 21.2. The Morgan fingerprint density at radius 1 is 0.628 bits per heavy atom. The predicted molar refractivity (Wildman–Crippen MR) is 177 cm³/mol. The molecule has 8 rings (SSSR count). The lowest BCUT2D eigenvalue weighted by Gasteiger charge is -2.19. The van der Waals surface area contributed by atoms with E-state index in [1.165, 1.54) is 5.56 Å². The Hall–Kier alpha value is -5.48. The van der Waals surface area contributed by atoms with Crippen molar-refractivity contribution in [2.45, 2.75) is 19.8 Å². The molecule has 3 heterocycles. The summed E-state index contributed by atoms with van der Waals surface area (Å²) in [5, 5.41) is 2.07. The molecule has 43 heavy (non-hydrogen) atoms. The molecule has 0 N–H and O–H groups in total. The molecule has 3 aromatic heterocycles. The standard InChI is InChI=1S/C39H29N3O/c1-25(2)29-17-11-20-32-33-23-28(24-40-39(33)43-37(29)32)38-41-34-21-9-10-22-35(34)42(38)36-30(26-13-5-3-6-14-26)18-12-19-31(36)27-15-7-4-8-16-27/h3-25H,1-2H3. The smallest absolute Gasteiger partial charge is 0.227 e. The SMILES string of the molecule is CC(C)c1cccc2c1oc1ncc(-c3nc4ccccc4n3-c3c(-c4ccccc4)cccc3-c3ccccc3)cc12. The van der Waals surface area contributed by atoms with Crippen LogP contribution in [0.3, 0.4) is 0 Å². The van der Waals surface area contributed by atoms with Crippen LogP contribution in [-0.4, -0.2) is 14.5 Å². The van der Waals surface area contributed by atoms with Crippen LogP contribution in [0, 0.1) is 0 Å². The van der Waals surface area contributed by atoms with Gasteiger partial charge in [-0.05, 0) is 40.8 Å². The first kappa shape index (κ1) is 25.2. The first-order valence-electron chi connectivity index (χ1n) is 14.7. The Bertz CT molecular complexity index is 2200. The minimum absolute atomic E-state index is 0.346. The molecule has 0 unspecified atom stereocenters. The van der Waals surface area contributed by atoms with Gasteiger partial charge in [-0.3, -0.25) is 4.57 Å². The minimum Gasteiger partial charge on any atom is -0.437 e. The Morgan fingerprint density at radius 2 is 1.28 bits per heavy atom. The van der Waals surface area contributed by atoms with E-state index >= 15 is 0 Å². The van der Waals surface area contributed by atoms with E-state index in [0.29, 0.717) is 11.6 Å². The zero-order valence-electron chi connectivity index (χ0n) is 24.0. The van der Waals surface area contributed by atoms with Gasteiger partial charge in [0.2, 0.25) is 5.71 Å². The largest absolute Gasteiger partial charge is 0.437 e. The maximum atomic E-state index is 6.33. The molecule has 0 radical (unpaired) electrons. The van der Waals surface area contributed by atoms with E-state index < -0.39 is 0 Å². The molecule has 0 aliphatic rings. The summed E-state index contributed by atoms with van der Waals surface area (Å²) in [6.45, 7) is 4.38. The lowest BCUT2D eigenvalue weighted by molar-refractivity contribution is 0.643. The van der Waals surface area contributed by atoms with Gasteiger partial charge in [0.1, 0.15) is 11.4 Å². The van der Waals surface area contributed by atoms with E-state index in [4.69, 9.17) is 14.4 Å². The quantitative estimate of drug-likeness (QED) is 0.212. The summed E-state index contributed by atoms with van der Waals surface area (Å²) in [6, 6.07) is 44.6. The molecule has 0 aliphatic carbocycles. The lowest BCUT2D eigenvalue weighted by atomic mass is 9.95.